The fourth-order valence-corrected chi connectivity index (χ4v) is 0.0845. The minimum Gasteiger partial charge on any atom is -0.361 e. The van der Waals surface area contributed by atoms with E-state index in [2.05, 4.69) is 0 Å². The van der Waals surface area contributed by atoms with Gasteiger partial charge >= 0.3 is 0 Å². The molecule has 6 heavy (non-hydrogen) atoms. The summed E-state index contributed by atoms with van der Waals surface area (Å²) in [6.45, 7) is -0.706. The highest BCUT2D eigenvalue weighted by molar-refractivity contribution is 4.53. The maximum Gasteiger partial charge on any atom is 0.220 e. The first kappa shape index (κ1) is 5.85. The molecule has 1 radical (unpaired) electrons. The second-order valence-corrected chi connectivity index (χ2v) is 0.855. The van der Waals surface area contributed by atoms with Crippen LogP contribution in [-0.4, -0.2) is 16.9 Å². The van der Waals surface area contributed by atoms with E-state index in [1.54, 1.807) is 0 Å². The molecule has 0 fully saturated rings. The molecule has 0 heterocycles. The molecule has 2 N–H and O–H groups in total. The zero-order valence-electron chi connectivity index (χ0n) is 3.19. The van der Waals surface area contributed by atoms with Gasteiger partial charge in [-0.3, -0.25) is 4.39 Å². The van der Waals surface area contributed by atoms with Gasteiger partial charge < -0.3 is 10.2 Å². The van der Waals surface area contributed by atoms with E-state index >= 15 is 0 Å². The number of hydrogen-bond donors (Lipinski definition) is 2. The fraction of sp³-hybridized carbons (Fsp3) is 0.667. The maximum absolute atomic E-state index is 10.9. The Morgan fingerprint density at radius 2 is 2.00 bits per heavy atom. The molecule has 0 rings (SSSR count). The minimum absolute atomic E-state index is 0.264. The highest BCUT2D eigenvalue weighted by Crippen LogP contribution is 1.92. The molecule has 0 aliphatic rings. The van der Waals surface area contributed by atoms with E-state index in [0.717, 1.165) is 0 Å². The van der Waals surface area contributed by atoms with Gasteiger partial charge in [0.2, 0.25) is 6.29 Å². The van der Waals surface area contributed by atoms with Gasteiger partial charge in [0.05, 0.1) is 6.67 Å². The molecule has 0 bridgehead atoms. The summed E-state index contributed by atoms with van der Waals surface area (Å²) in [5.41, 5.74) is 0. The van der Waals surface area contributed by atoms with Crippen LogP contribution in [0, 0.1) is 6.29 Å². The van der Waals surface area contributed by atoms with Gasteiger partial charge in [0.15, 0.2) is 0 Å². The molecule has 0 unspecified atom stereocenters. The van der Waals surface area contributed by atoms with E-state index in [9.17, 15) is 4.39 Å². The van der Waals surface area contributed by atoms with Crippen LogP contribution in [0.2, 0.25) is 0 Å². The molecule has 0 aliphatic carbocycles. The summed E-state index contributed by atoms with van der Waals surface area (Å²) >= 11 is 0. The fourth-order valence-electron chi connectivity index (χ4n) is 0.0845. The number of alkyl halides is 1. The van der Waals surface area contributed by atoms with Crippen molar-refractivity contribution in [3.05, 3.63) is 6.29 Å². The third-order valence-electron chi connectivity index (χ3n) is 0.318. The molecule has 0 aromatic rings. The lowest BCUT2D eigenvalue weighted by Gasteiger charge is -1.90. The van der Waals surface area contributed by atoms with Crippen LogP contribution in [0.4, 0.5) is 4.39 Å². The monoisotopic (exact) mass is 93.0 g/mol. The molecular formula is C3H6FO2. The Bertz CT molecular complexity index is 30.0. The quantitative estimate of drug-likeness (QED) is 0.524. The van der Waals surface area contributed by atoms with Crippen LogP contribution >= 0.6 is 0 Å². The maximum atomic E-state index is 10.9. The van der Waals surface area contributed by atoms with Gasteiger partial charge in [-0.2, -0.15) is 0 Å². The van der Waals surface area contributed by atoms with Gasteiger partial charge in [0.1, 0.15) is 0 Å². The van der Waals surface area contributed by atoms with E-state index in [-0.39, 0.29) is 6.42 Å². The van der Waals surface area contributed by atoms with Gasteiger partial charge in [0, 0.05) is 6.42 Å². The molecule has 3 heteroatoms. The molecule has 0 aromatic carbocycles. The summed E-state index contributed by atoms with van der Waals surface area (Å²) in [7, 11) is 0. The van der Waals surface area contributed by atoms with Crippen LogP contribution in [0.3, 0.4) is 0 Å². The van der Waals surface area contributed by atoms with Crippen LogP contribution in [0.15, 0.2) is 0 Å². The molecule has 0 saturated carbocycles. The number of aliphatic hydroxyl groups excluding tert-OH is 1. The summed E-state index contributed by atoms with van der Waals surface area (Å²) in [4.78, 5) is 0. The van der Waals surface area contributed by atoms with Gasteiger partial charge in [-0.15, -0.1) is 0 Å². The Labute approximate surface area is 35.2 Å². The van der Waals surface area contributed by atoms with E-state index < -0.39 is 13.0 Å². The zero-order valence-corrected chi connectivity index (χ0v) is 3.19. The van der Waals surface area contributed by atoms with E-state index in [0.29, 0.717) is 0 Å². The predicted molar refractivity (Wildman–Crippen MR) is 17.7 cm³/mol. The van der Waals surface area contributed by atoms with Crippen molar-refractivity contribution in [1.29, 1.82) is 0 Å². The van der Waals surface area contributed by atoms with Crippen molar-refractivity contribution in [2.24, 2.45) is 0 Å². The van der Waals surface area contributed by atoms with Crippen molar-refractivity contribution in [1.82, 2.24) is 0 Å². The van der Waals surface area contributed by atoms with Crippen molar-refractivity contribution in [2.75, 3.05) is 6.67 Å². The Kier molecular flexibility index (Phi) is 2.98. The van der Waals surface area contributed by atoms with Crippen LogP contribution < -0.4 is 0 Å². The molecule has 37 valence electrons. The Morgan fingerprint density at radius 3 is 2.00 bits per heavy atom. The highest BCUT2D eigenvalue weighted by Gasteiger charge is 1.94. The van der Waals surface area contributed by atoms with Gasteiger partial charge in [-0.25, -0.2) is 0 Å². The van der Waals surface area contributed by atoms with Gasteiger partial charge in [-0.1, -0.05) is 0 Å². The average molecular weight is 93.1 g/mol. The summed E-state index contributed by atoms with van der Waals surface area (Å²) < 4.78 is 10.9. The summed E-state index contributed by atoms with van der Waals surface area (Å²) in [5.74, 6) is 0. The Hall–Kier alpha value is -0.150. The van der Waals surface area contributed by atoms with Crippen molar-refractivity contribution in [2.45, 2.75) is 6.42 Å². The minimum atomic E-state index is -0.836. The number of rotatable bonds is 2. The molecule has 0 spiro atoms. The van der Waals surface area contributed by atoms with Crippen molar-refractivity contribution in [3.8, 4) is 0 Å². The Balaban J connectivity index is 2.63. The van der Waals surface area contributed by atoms with Gasteiger partial charge in [0.25, 0.3) is 0 Å². The molecule has 0 amide bonds. The number of halogens is 1. The first-order valence-electron chi connectivity index (χ1n) is 1.57. The summed E-state index contributed by atoms with van der Waals surface area (Å²) in [5, 5.41) is 15.6. The lowest BCUT2D eigenvalue weighted by atomic mass is 10.5. The predicted octanol–water partition coefficient (Wildman–Crippen LogP) is 0.580. The van der Waals surface area contributed by atoms with Crippen molar-refractivity contribution in [3.63, 3.8) is 0 Å². The molecule has 0 atom stereocenters. The van der Waals surface area contributed by atoms with Crippen molar-refractivity contribution < 1.29 is 14.6 Å². The van der Waals surface area contributed by atoms with E-state index in [4.69, 9.17) is 10.2 Å². The first-order chi connectivity index (χ1) is 2.77. The van der Waals surface area contributed by atoms with Crippen LogP contribution in [-0.2, 0) is 0 Å². The lowest BCUT2D eigenvalue weighted by Crippen LogP contribution is -1.92. The molecular weight excluding hydrogens is 87.0 g/mol. The topological polar surface area (TPSA) is 40.5 Å². The molecule has 0 aliphatic heterocycles. The van der Waals surface area contributed by atoms with Crippen molar-refractivity contribution >= 4 is 0 Å². The van der Waals surface area contributed by atoms with Crippen LogP contribution in [0.25, 0.3) is 0 Å². The third kappa shape index (κ3) is 3.85. The SMILES string of the molecule is O[C](O)CCF. The second kappa shape index (κ2) is 3.06. The van der Waals surface area contributed by atoms with E-state index in [1.165, 1.54) is 0 Å². The molecule has 0 aromatic heterocycles. The zero-order chi connectivity index (χ0) is 4.99. The average Bonchev–Trinajstić information content (AvgIpc) is 1.35. The largest absolute Gasteiger partial charge is 0.361 e. The number of aliphatic hydroxyl groups is 2. The first-order valence-corrected chi connectivity index (χ1v) is 1.57. The summed E-state index contributed by atoms with van der Waals surface area (Å²) in [6, 6.07) is 0. The van der Waals surface area contributed by atoms with Gasteiger partial charge in [-0.05, 0) is 0 Å². The lowest BCUT2D eigenvalue weighted by molar-refractivity contribution is 0.0672. The second-order valence-electron chi connectivity index (χ2n) is 0.855. The molecule has 2 nitrogen and oxygen atoms in total. The Morgan fingerprint density at radius 1 is 1.50 bits per heavy atom. The number of hydrogen-bond acceptors (Lipinski definition) is 2. The van der Waals surface area contributed by atoms with Crippen LogP contribution in [0.1, 0.15) is 6.42 Å². The third-order valence-corrected chi connectivity index (χ3v) is 0.318. The van der Waals surface area contributed by atoms with Crippen LogP contribution in [0.5, 0.6) is 0 Å². The van der Waals surface area contributed by atoms with E-state index in [1.807, 2.05) is 0 Å². The highest BCUT2D eigenvalue weighted by atomic mass is 19.1. The normalized spacial score (nSPS) is 10.0. The standard InChI is InChI=1S/C3H6FO2/c4-2-1-3(5)6/h5-6H,1-2H2. The smallest absolute Gasteiger partial charge is 0.220 e. The summed E-state index contributed by atoms with van der Waals surface area (Å²) in [6.07, 6.45) is -1.10. The molecule has 0 saturated heterocycles.